The fourth-order valence-electron chi connectivity index (χ4n) is 3.03. The van der Waals surface area contributed by atoms with Crippen molar-refractivity contribution in [3.8, 4) is 0 Å². The first-order valence-electron chi connectivity index (χ1n) is 6.77. The van der Waals surface area contributed by atoms with E-state index in [0.717, 1.165) is 32.4 Å². The number of hydrogen-bond acceptors (Lipinski definition) is 1. The second-order valence-corrected chi connectivity index (χ2v) is 5.20. The molecule has 2 aliphatic rings. The van der Waals surface area contributed by atoms with Gasteiger partial charge in [0.2, 0.25) is 0 Å². The van der Waals surface area contributed by atoms with Gasteiger partial charge < -0.3 is 4.90 Å². The SMILES string of the molecule is [C-]#[N+][C@@H]1CC[C@@H]2CN1C(=O)N2CCc1ccccc1. The summed E-state index contributed by atoms with van der Waals surface area (Å²) in [6, 6.07) is 10.6. The highest BCUT2D eigenvalue weighted by molar-refractivity contribution is 5.78. The third-order valence-corrected chi connectivity index (χ3v) is 4.09. The van der Waals surface area contributed by atoms with Crippen molar-refractivity contribution in [3.63, 3.8) is 0 Å². The lowest BCUT2D eigenvalue weighted by atomic mass is 10.1. The summed E-state index contributed by atoms with van der Waals surface area (Å²) in [7, 11) is 0. The van der Waals surface area contributed by atoms with Gasteiger partial charge >= 0.3 is 12.2 Å². The molecule has 0 spiro atoms. The molecule has 98 valence electrons. The van der Waals surface area contributed by atoms with E-state index in [2.05, 4.69) is 17.0 Å². The molecule has 0 aliphatic carbocycles. The van der Waals surface area contributed by atoms with E-state index in [0.29, 0.717) is 6.04 Å². The smallest absolute Gasteiger partial charge is 0.319 e. The van der Waals surface area contributed by atoms with Gasteiger partial charge in [0.15, 0.2) is 0 Å². The van der Waals surface area contributed by atoms with E-state index in [4.69, 9.17) is 6.57 Å². The summed E-state index contributed by atoms with van der Waals surface area (Å²) in [6.07, 6.45) is 2.44. The quantitative estimate of drug-likeness (QED) is 0.762. The van der Waals surface area contributed by atoms with Crippen LogP contribution in [-0.4, -0.2) is 41.1 Å². The number of carbonyl (C=O) groups excluding carboxylic acids is 1. The molecule has 1 aromatic carbocycles. The highest BCUT2D eigenvalue weighted by Gasteiger charge is 2.46. The zero-order valence-corrected chi connectivity index (χ0v) is 10.8. The first kappa shape index (κ1) is 12.0. The van der Waals surface area contributed by atoms with Gasteiger partial charge in [-0.2, -0.15) is 0 Å². The maximum atomic E-state index is 12.3. The van der Waals surface area contributed by atoms with E-state index in [1.807, 2.05) is 23.1 Å². The van der Waals surface area contributed by atoms with Crippen molar-refractivity contribution in [3.05, 3.63) is 47.3 Å². The van der Waals surface area contributed by atoms with Crippen LogP contribution in [0.4, 0.5) is 4.79 Å². The highest BCUT2D eigenvalue weighted by Crippen LogP contribution is 2.30. The minimum atomic E-state index is -0.231. The van der Waals surface area contributed by atoms with Gasteiger partial charge in [-0.1, -0.05) is 30.3 Å². The minimum absolute atomic E-state index is 0.0550. The van der Waals surface area contributed by atoms with Crippen LogP contribution in [0.25, 0.3) is 4.85 Å². The molecular formula is C15H17N3O. The van der Waals surface area contributed by atoms with Crippen molar-refractivity contribution in [2.45, 2.75) is 31.5 Å². The third-order valence-electron chi connectivity index (χ3n) is 4.09. The molecule has 0 saturated carbocycles. The number of urea groups is 1. The van der Waals surface area contributed by atoms with Crippen LogP contribution in [0.5, 0.6) is 0 Å². The lowest BCUT2D eigenvalue weighted by Crippen LogP contribution is -2.37. The summed E-state index contributed by atoms with van der Waals surface area (Å²) < 4.78 is 0. The first-order chi connectivity index (χ1) is 9.29. The molecule has 2 saturated heterocycles. The molecule has 0 N–H and O–H groups in total. The summed E-state index contributed by atoms with van der Waals surface area (Å²) in [5.74, 6) is 0. The third kappa shape index (κ3) is 2.17. The predicted molar refractivity (Wildman–Crippen MR) is 72.4 cm³/mol. The fraction of sp³-hybridized carbons (Fsp3) is 0.467. The Balaban J connectivity index is 1.66. The Kier molecular flexibility index (Phi) is 3.12. The Morgan fingerprint density at radius 1 is 1.26 bits per heavy atom. The van der Waals surface area contributed by atoms with E-state index in [1.54, 1.807) is 4.90 Å². The van der Waals surface area contributed by atoms with Gasteiger partial charge in [-0.3, -0.25) is 9.74 Å². The Labute approximate surface area is 113 Å². The highest BCUT2D eigenvalue weighted by atomic mass is 16.2. The van der Waals surface area contributed by atoms with E-state index in [1.165, 1.54) is 5.56 Å². The summed E-state index contributed by atoms with van der Waals surface area (Å²) in [6.45, 7) is 8.65. The monoisotopic (exact) mass is 255 g/mol. The number of piperidine rings is 1. The number of carbonyl (C=O) groups is 1. The molecule has 3 rings (SSSR count). The molecule has 4 nitrogen and oxygen atoms in total. The molecule has 2 amide bonds. The van der Waals surface area contributed by atoms with Gasteiger partial charge in [0.1, 0.15) is 0 Å². The molecule has 0 aromatic heterocycles. The Bertz CT molecular complexity index is 508. The molecule has 2 fully saturated rings. The molecule has 19 heavy (non-hydrogen) atoms. The predicted octanol–water partition coefficient (Wildman–Crippen LogP) is 2.37. The van der Waals surface area contributed by atoms with Gasteiger partial charge in [-0.25, -0.2) is 11.4 Å². The number of fused-ring (bicyclic) bond motifs is 2. The Hall–Kier alpha value is -2.02. The molecule has 1 aromatic rings. The van der Waals surface area contributed by atoms with Crippen LogP contribution >= 0.6 is 0 Å². The minimum Gasteiger partial charge on any atom is -0.319 e. The van der Waals surface area contributed by atoms with Crippen LogP contribution < -0.4 is 0 Å². The number of amides is 2. The van der Waals surface area contributed by atoms with Crippen LogP contribution in [0, 0.1) is 6.57 Å². The topological polar surface area (TPSA) is 27.9 Å². The second kappa shape index (κ2) is 4.93. The van der Waals surface area contributed by atoms with E-state index >= 15 is 0 Å². The van der Waals surface area contributed by atoms with E-state index in [-0.39, 0.29) is 12.2 Å². The lowest BCUT2D eigenvalue weighted by Gasteiger charge is -2.23. The average molecular weight is 255 g/mol. The van der Waals surface area contributed by atoms with Crippen LogP contribution in [0.15, 0.2) is 30.3 Å². The summed E-state index contributed by atoms with van der Waals surface area (Å²) in [5, 5.41) is 0. The molecule has 2 heterocycles. The standard InChI is InChI=1S/C15H17N3O/c1-16-14-8-7-13-11-18(14)15(19)17(13)10-9-12-5-3-2-4-6-12/h2-6,13-14H,7-11H2/t13-,14+/m1/s1. The van der Waals surface area contributed by atoms with Crippen LogP contribution in [-0.2, 0) is 6.42 Å². The van der Waals surface area contributed by atoms with Crippen molar-refractivity contribution in [2.24, 2.45) is 0 Å². The van der Waals surface area contributed by atoms with E-state index < -0.39 is 0 Å². The maximum absolute atomic E-state index is 12.3. The summed E-state index contributed by atoms with van der Waals surface area (Å²) in [4.78, 5) is 19.5. The van der Waals surface area contributed by atoms with Crippen molar-refractivity contribution < 1.29 is 4.79 Å². The molecular weight excluding hydrogens is 238 g/mol. The van der Waals surface area contributed by atoms with Crippen molar-refractivity contribution in [1.82, 2.24) is 9.80 Å². The zero-order chi connectivity index (χ0) is 13.2. The molecule has 4 heteroatoms. The van der Waals surface area contributed by atoms with Crippen LogP contribution in [0.3, 0.4) is 0 Å². The Morgan fingerprint density at radius 2 is 2.05 bits per heavy atom. The van der Waals surface area contributed by atoms with Crippen molar-refractivity contribution in [2.75, 3.05) is 13.1 Å². The largest absolute Gasteiger partial charge is 0.326 e. The summed E-state index contributed by atoms with van der Waals surface area (Å²) >= 11 is 0. The van der Waals surface area contributed by atoms with Gasteiger partial charge in [-0.15, -0.1) is 0 Å². The van der Waals surface area contributed by atoms with Gasteiger partial charge in [0.25, 0.3) is 0 Å². The van der Waals surface area contributed by atoms with Gasteiger partial charge in [0.05, 0.1) is 12.6 Å². The van der Waals surface area contributed by atoms with Crippen molar-refractivity contribution in [1.29, 1.82) is 0 Å². The Morgan fingerprint density at radius 3 is 2.79 bits per heavy atom. The number of nitrogens with zero attached hydrogens (tertiary/aromatic N) is 3. The van der Waals surface area contributed by atoms with Crippen LogP contribution in [0.1, 0.15) is 18.4 Å². The molecule has 0 unspecified atom stereocenters. The number of rotatable bonds is 3. The maximum Gasteiger partial charge on any atom is 0.326 e. The normalized spacial score (nSPS) is 25.5. The fourth-order valence-corrected chi connectivity index (χ4v) is 3.03. The van der Waals surface area contributed by atoms with Crippen molar-refractivity contribution >= 4 is 6.03 Å². The number of benzene rings is 1. The van der Waals surface area contributed by atoms with Gasteiger partial charge in [-0.05, 0) is 18.4 Å². The molecule has 2 aliphatic heterocycles. The molecule has 2 bridgehead atoms. The zero-order valence-electron chi connectivity index (χ0n) is 10.8. The average Bonchev–Trinajstić information content (AvgIpc) is 2.71. The second-order valence-electron chi connectivity index (χ2n) is 5.20. The van der Waals surface area contributed by atoms with Crippen LogP contribution in [0.2, 0.25) is 0 Å². The molecule has 2 atom stereocenters. The first-order valence-corrected chi connectivity index (χ1v) is 6.77. The van der Waals surface area contributed by atoms with E-state index in [9.17, 15) is 4.79 Å². The lowest BCUT2D eigenvalue weighted by molar-refractivity contribution is 0.186. The summed E-state index contributed by atoms with van der Waals surface area (Å²) in [5.41, 5.74) is 1.26. The number of hydrogen-bond donors (Lipinski definition) is 0. The van der Waals surface area contributed by atoms with Gasteiger partial charge in [0, 0.05) is 13.0 Å². The molecule has 0 radical (unpaired) electrons.